The molecule has 39 heavy (non-hydrogen) atoms. The summed E-state index contributed by atoms with van der Waals surface area (Å²) < 4.78 is 53.8. The fourth-order valence-electron chi connectivity index (χ4n) is 5.53. The van der Waals surface area contributed by atoms with Gasteiger partial charge >= 0.3 is 0 Å². The normalized spacial score (nSPS) is 20.5. The molecular weight excluding hydrogens is 522 g/mol. The summed E-state index contributed by atoms with van der Waals surface area (Å²) in [6.45, 7) is 8.67. The van der Waals surface area contributed by atoms with E-state index in [2.05, 4.69) is 48.0 Å². The minimum atomic E-state index is -3.12. The summed E-state index contributed by atoms with van der Waals surface area (Å²) in [7, 11) is -3.12. The maximum atomic E-state index is 14.6. The summed E-state index contributed by atoms with van der Waals surface area (Å²) in [6.07, 6.45) is 8.70. The highest BCUT2D eigenvalue weighted by atomic mass is 32.2. The first-order chi connectivity index (χ1) is 18.3. The molecule has 1 aliphatic carbocycles. The molecule has 0 saturated carbocycles. The van der Waals surface area contributed by atoms with E-state index in [-0.39, 0.29) is 34.9 Å². The van der Waals surface area contributed by atoms with Crippen LogP contribution < -0.4 is 0 Å². The summed E-state index contributed by atoms with van der Waals surface area (Å²) in [4.78, 5) is 9.45. The van der Waals surface area contributed by atoms with E-state index in [1.165, 1.54) is 24.5 Å². The molecular formula is C28H30F2N6O2S. The van der Waals surface area contributed by atoms with E-state index in [9.17, 15) is 17.2 Å². The van der Waals surface area contributed by atoms with Gasteiger partial charge in [0.2, 0.25) is 0 Å². The van der Waals surface area contributed by atoms with Crippen molar-refractivity contribution in [1.82, 2.24) is 29.9 Å². The number of rotatable bonds is 6. The fourth-order valence-corrected chi connectivity index (χ4v) is 6.05. The molecule has 0 N–H and O–H groups in total. The smallest absolute Gasteiger partial charge is 0.149 e. The summed E-state index contributed by atoms with van der Waals surface area (Å²) in [5.41, 5.74) is 2.47. The van der Waals surface area contributed by atoms with Crippen LogP contribution in [-0.2, 0) is 21.8 Å². The Labute approximate surface area is 226 Å². The van der Waals surface area contributed by atoms with Crippen molar-refractivity contribution < 1.29 is 17.2 Å². The molecule has 4 aromatic rings. The number of benzene rings is 1. The third kappa shape index (κ3) is 4.84. The fraction of sp³-hybridized carbons (Fsp3) is 0.393. The molecule has 5 rings (SSSR count). The van der Waals surface area contributed by atoms with Gasteiger partial charge in [-0.05, 0) is 48.4 Å². The molecule has 0 saturated heterocycles. The molecule has 0 aliphatic heterocycles. The predicted octanol–water partition coefficient (Wildman–Crippen LogP) is 4.96. The second-order valence-electron chi connectivity index (χ2n) is 11.2. The molecule has 0 amide bonds. The molecule has 0 unspecified atom stereocenters. The Hall–Kier alpha value is -3.60. The highest BCUT2D eigenvalue weighted by molar-refractivity contribution is 7.90. The lowest BCUT2D eigenvalue weighted by Gasteiger charge is -2.49. The molecule has 8 nitrogen and oxygen atoms in total. The van der Waals surface area contributed by atoms with Gasteiger partial charge in [-0.25, -0.2) is 22.2 Å². The molecule has 0 fully saturated rings. The van der Waals surface area contributed by atoms with Crippen molar-refractivity contribution in [2.45, 2.75) is 52.0 Å². The van der Waals surface area contributed by atoms with Crippen LogP contribution in [0.1, 0.15) is 57.0 Å². The van der Waals surface area contributed by atoms with E-state index in [0.717, 1.165) is 12.0 Å². The maximum absolute atomic E-state index is 14.6. The number of nitrogens with zero attached hydrogens (tertiary/aromatic N) is 6. The van der Waals surface area contributed by atoms with Crippen molar-refractivity contribution in [3.05, 3.63) is 77.6 Å². The zero-order chi connectivity index (χ0) is 28.2. The van der Waals surface area contributed by atoms with Crippen LogP contribution in [0.4, 0.5) is 8.78 Å². The van der Waals surface area contributed by atoms with E-state index in [0.29, 0.717) is 22.6 Å². The van der Waals surface area contributed by atoms with Crippen molar-refractivity contribution >= 4 is 9.84 Å². The number of hydrogen-bond donors (Lipinski definition) is 0. The first-order valence-electron chi connectivity index (χ1n) is 12.7. The van der Waals surface area contributed by atoms with Crippen LogP contribution in [0.3, 0.4) is 0 Å². The number of sulfone groups is 1. The lowest BCUT2D eigenvalue weighted by molar-refractivity contribution is 0.158. The third-order valence-corrected chi connectivity index (χ3v) is 8.91. The maximum Gasteiger partial charge on any atom is 0.149 e. The summed E-state index contributed by atoms with van der Waals surface area (Å²) in [5.74, 6) is -1.33. The molecule has 2 atom stereocenters. The lowest BCUT2D eigenvalue weighted by atomic mass is 9.54. The molecule has 0 bridgehead atoms. The summed E-state index contributed by atoms with van der Waals surface area (Å²) in [5, 5.41) is 13.2. The van der Waals surface area contributed by atoms with E-state index in [1.807, 2.05) is 0 Å². The molecule has 1 aromatic carbocycles. The highest BCUT2D eigenvalue weighted by Gasteiger charge is 2.52. The Balaban J connectivity index is 1.58. The van der Waals surface area contributed by atoms with E-state index < -0.39 is 26.9 Å². The van der Waals surface area contributed by atoms with Crippen molar-refractivity contribution in [2.24, 2.45) is 5.41 Å². The van der Waals surface area contributed by atoms with Gasteiger partial charge in [-0.2, -0.15) is 10.2 Å². The van der Waals surface area contributed by atoms with Crippen LogP contribution in [0, 0.1) is 17.0 Å². The van der Waals surface area contributed by atoms with Crippen LogP contribution in [-0.4, -0.2) is 50.4 Å². The van der Waals surface area contributed by atoms with Crippen molar-refractivity contribution in [1.29, 1.82) is 0 Å². The number of aromatic nitrogens is 6. The molecule has 1 aliphatic rings. The average molecular weight is 553 g/mol. The van der Waals surface area contributed by atoms with E-state index in [1.54, 1.807) is 35.5 Å². The minimum Gasteiger partial charge on any atom is -0.271 e. The van der Waals surface area contributed by atoms with Crippen LogP contribution in [0.25, 0.3) is 22.5 Å². The topological polar surface area (TPSA) is 104 Å². The standard InChI is InChI=1S/C28H30F2N6O2S/c1-17-12-27(2,3)28(4,26-19(17)11-22(34-35-26)25-20(29)7-6-8-21(25)30)24-15-31-14-23(33-24)18-13-32-36(16-18)9-10-39(5,37)38/h6-8,11,13-17H,9-10,12H2,1-5H3/t17-,28+/m1/s1. The summed E-state index contributed by atoms with van der Waals surface area (Å²) in [6, 6.07) is 5.48. The number of fused-ring (bicyclic) bond motifs is 1. The van der Waals surface area contributed by atoms with Gasteiger partial charge in [0.15, 0.2) is 0 Å². The van der Waals surface area contributed by atoms with Crippen molar-refractivity contribution in [3.63, 3.8) is 0 Å². The SMILES string of the molecule is C[C@@H]1CC(C)(C)[C@@](C)(c2cncc(-c3cnn(CCS(C)(=O)=O)c3)n2)c2nnc(-c3c(F)cccc3F)cc21. The molecule has 11 heteroatoms. The number of aryl methyl sites for hydroxylation is 1. The molecule has 3 aromatic heterocycles. The second-order valence-corrected chi connectivity index (χ2v) is 13.4. The van der Waals surface area contributed by atoms with E-state index >= 15 is 0 Å². The highest BCUT2D eigenvalue weighted by Crippen LogP contribution is 2.56. The molecule has 204 valence electrons. The van der Waals surface area contributed by atoms with Gasteiger partial charge < -0.3 is 0 Å². The van der Waals surface area contributed by atoms with Crippen LogP contribution in [0.2, 0.25) is 0 Å². The first kappa shape index (κ1) is 27.0. The van der Waals surface area contributed by atoms with Gasteiger partial charge in [0, 0.05) is 24.2 Å². The largest absolute Gasteiger partial charge is 0.271 e. The predicted molar refractivity (Wildman–Crippen MR) is 144 cm³/mol. The third-order valence-electron chi connectivity index (χ3n) is 7.98. The van der Waals surface area contributed by atoms with Gasteiger partial charge in [0.25, 0.3) is 0 Å². The Kier molecular flexibility index (Phi) is 6.61. The minimum absolute atomic E-state index is 0.0154. The van der Waals surface area contributed by atoms with Gasteiger partial charge in [-0.1, -0.05) is 26.8 Å². The monoisotopic (exact) mass is 552 g/mol. The number of halogens is 2. The van der Waals surface area contributed by atoms with Gasteiger partial charge in [0.05, 0.1) is 58.4 Å². The first-order valence-corrected chi connectivity index (χ1v) is 14.7. The zero-order valence-electron chi connectivity index (χ0n) is 22.5. The lowest BCUT2D eigenvalue weighted by Crippen LogP contribution is -2.47. The van der Waals surface area contributed by atoms with Gasteiger partial charge in [0.1, 0.15) is 21.5 Å². The average Bonchev–Trinajstić information content (AvgIpc) is 3.35. The molecule has 0 spiro atoms. The van der Waals surface area contributed by atoms with E-state index in [4.69, 9.17) is 4.98 Å². The van der Waals surface area contributed by atoms with Crippen LogP contribution in [0.5, 0.6) is 0 Å². The van der Waals surface area contributed by atoms with Gasteiger partial charge in [-0.3, -0.25) is 9.67 Å². The molecule has 3 heterocycles. The zero-order valence-corrected chi connectivity index (χ0v) is 23.3. The Morgan fingerprint density at radius 2 is 1.77 bits per heavy atom. The van der Waals surface area contributed by atoms with Crippen molar-refractivity contribution in [3.8, 4) is 22.5 Å². The molecule has 0 radical (unpaired) electrons. The quantitative estimate of drug-likeness (QED) is 0.333. The van der Waals surface area contributed by atoms with Crippen LogP contribution in [0.15, 0.2) is 49.1 Å². The van der Waals surface area contributed by atoms with Crippen LogP contribution >= 0.6 is 0 Å². The summed E-state index contributed by atoms with van der Waals surface area (Å²) >= 11 is 0. The Bertz CT molecular complexity index is 1650. The van der Waals surface area contributed by atoms with Gasteiger partial charge in [-0.15, -0.1) is 5.10 Å². The van der Waals surface area contributed by atoms with Crippen molar-refractivity contribution in [2.75, 3.05) is 12.0 Å². The Morgan fingerprint density at radius 1 is 1.05 bits per heavy atom. The number of hydrogen-bond acceptors (Lipinski definition) is 7. The second kappa shape index (κ2) is 9.55. The Morgan fingerprint density at radius 3 is 2.46 bits per heavy atom.